The number of nitrogens with one attached hydrogen (secondary N) is 2. The number of rotatable bonds is 6. The SMILES string of the molecule is CC(NC(=O)C1CCCO1)c1nc2ccccc2n1CC(=O)NC1CCCC1. The van der Waals surface area contributed by atoms with Crippen LogP contribution in [0, 0.1) is 0 Å². The Labute approximate surface area is 164 Å². The highest BCUT2D eigenvalue weighted by molar-refractivity contribution is 5.83. The summed E-state index contributed by atoms with van der Waals surface area (Å²) in [7, 11) is 0. The van der Waals surface area contributed by atoms with Crippen molar-refractivity contribution in [2.75, 3.05) is 6.61 Å². The van der Waals surface area contributed by atoms with Crippen molar-refractivity contribution in [2.24, 2.45) is 0 Å². The van der Waals surface area contributed by atoms with E-state index in [1.165, 1.54) is 12.8 Å². The average Bonchev–Trinajstić information content (AvgIpc) is 3.43. The largest absolute Gasteiger partial charge is 0.368 e. The van der Waals surface area contributed by atoms with E-state index in [0.717, 1.165) is 36.7 Å². The lowest BCUT2D eigenvalue weighted by Crippen LogP contribution is -2.38. The molecule has 2 heterocycles. The normalized spacial score (nSPS) is 21.1. The molecule has 2 amide bonds. The van der Waals surface area contributed by atoms with Crippen LogP contribution < -0.4 is 10.6 Å². The molecule has 2 unspecified atom stereocenters. The van der Waals surface area contributed by atoms with Crippen LogP contribution in [0.5, 0.6) is 0 Å². The van der Waals surface area contributed by atoms with Crippen LogP contribution in [0.4, 0.5) is 0 Å². The van der Waals surface area contributed by atoms with Crippen molar-refractivity contribution in [1.82, 2.24) is 20.2 Å². The van der Waals surface area contributed by atoms with Crippen LogP contribution in [0.2, 0.25) is 0 Å². The van der Waals surface area contributed by atoms with Crippen molar-refractivity contribution >= 4 is 22.8 Å². The van der Waals surface area contributed by atoms with Crippen LogP contribution in [0.15, 0.2) is 24.3 Å². The first-order valence-electron chi connectivity index (χ1n) is 10.3. The quantitative estimate of drug-likeness (QED) is 0.801. The molecule has 0 radical (unpaired) electrons. The highest BCUT2D eigenvalue weighted by atomic mass is 16.5. The van der Waals surface area contributed by atoms with Gasteiger partial charge in [0.05, 0.1) is 17.1 Å². The standard InChI is InChI=1S/C21H28N4O3/c1-14(22-21(27)18-11-6-12-28-18)20-24-16-9-4-5-10-17(16)25(20)13-19(26)23-15-7-2-3-8-15/h4-5,9-10,14-15,18H,2-3,6-8,11-13H2,1H3,(H,22,27)(H,23,26). The summed E-state index contributed by atoms with van der Waals surface area (Å²) in [6.45, 7) is 2.73. The molecule has 7 heteroatoms. The van der Waals surface area contributed by atoms with Crippen LogP contribution in [-0.4, -0.2) is 40.1 Å². The van der Waals surface area contributed by atoms with E-state index in [1.54, 1.807) is 0 Å². The number of carbonyl (C=O) groups is 2. The molecule has 1 saturated heterocycles. The number of para-hydroxylation sites is 2. The van der Waals surface area contributed by atoms with Crippen LogP contribution in [0.3, 0.4) is 0 Å². The van der Waals surface area contributed by atoms with Gasteiger partial charge in [0.15, 0.2) is 0 Å². The fourth-order valence-corrected chi connectivity index (χ4v) is 4.23. The molecule has 4 rings (SSSR count). The van der Waals surface area contributed by atoms with Crippen LogP contribution in [0.25, 0.3) is 11.0 Å². The smallest absolute Gasteiger partial charge is 0.249 e. The Morgan fingerprint density at radius 1 is 1.21 bits per heavy atom. The van der Waals surface area contributed by atoms with Gasteiger partial charge in [-0.25, -0.2) is 4.98 Å². The predicted molar refractivity (Wildman–Crippen MR) is 106 cm³/mol. The molecule has 2 fully saturated rings. The van der Waals surface area contributed by atoms with E-state index >= 15 is 0 Å². The zero-order chi connectivity index (χ0) is 19.5. The lowest BCUT2D eigenvalue weighted by Gasteiger charge is -2.19. The van der Waals surface area contributed by atoms with Gasteiger partial charge in [-0.05, 0) is 44.7 Å². The highest BCUT2D eigenvalue weighted by Gasteiger charge is 2.27. The van der Waals surface area contributed by atoms with E-state index in [-0.39, 0.29) is 36.5 Å². The summed E-state index contributed by atoms with van der Waals surface area (Å²) in [5.74, 6) is 0.571. The van der Waals surface area contributed by atoms with Gasteiger partial charge in [0.1, 0.15) is 18.5 Å². The van der Waals surface area contributed by atoms with Crippen molar-refractivity contribution in [3.63, 3.8) is 0 Å². The van der Waals surface area contributed by atoms with Crippen molar-refractivity contribution in [1.29, 1.82) is 0 Å². The molecule has 1 aromatic carbocycles. The minimum Gasteiger partial charge on any atom is -0.368 e. The summed E-state index contributed by atoms with van der Waals surface area (Å²) in [6.07, 6.45) is 5.73. The number of hydrogen-bond donors (Lipinski definition) is 2. The molecule has 0 spiro atoms. The Morgan fingerprint density at radius 3 is 2.75 bits per heavy atom. The van der Waals surface area contributed by atoms with E-state index < -0.39 is 0 Å². The Balaban J connectivity index is 1.53. The van der Waals surface area contributed by atoms with Gasteiger partial charge in [0.2, 0.25) is 11.8 Å². The fraction of sp³-hybridized carbons (Fsp3) is 0.571. The molecule has 1 aliphatic heterocycles. The van der Waals surface area contributed by atoms with E-state index in [1.807, 2.05) is 35.8 Å². The van der Waals surface area contributed by atoms with Gasteiger partial charge in [0, 0.05) is 12.6 Å². The Bertz CT molecular complexity index is 850. The molecule has 1 aromatic heterocycles. The molecule has 2 aromatic rings. The van der Waals surface area contributed by atoms with Gasteiger partial charge >= 0.3 is 0 Å². The number of amides is 2. The van der Waals surface area contributed by atoms with Gasteiger partial charge in [0.25, 0.3) is 0 Å². The molecule has 1 saturated carbocycles. The summed E-state index contributed by atoms with van der Waals surface area (Å²) in [5, 5.41) is 6.15. The van der Waals surface area contributed by atoms with Gasteiger partial charge < -0.3 is 19.9 Å². The lowest BCUT2D eigenvalue weighted by molar-refractivity contribution is -0.130. The summed E-state index contributed by atoms with van der Waals surface area (Å²) in [5.41, 5.74) is 1.72. The van der Waals surface area contributed by atoms with Crippen molar-refractivity contribution in [3.8, 4) is 0 Å². The lowest BCUT2D eigenvalue weighted by atomic mass is 10.2. The fourth-order valence-electron chi connectivity index (χ4n) is 4.23. The summed E-state index contributed by atoms with van der Waals surface area (Å²) in [6, 6.07) is 7.72. The number of fused-ring (bicyclic) bond motifs is 1. The number of hydrogen-bond acceptors (Lipinski definition) is 4. The van der Waals surface area contributed by atoms with Crippen LogP contribution in [-0.2, 0) is 20.9 Å². The number of carbonyl (C=O) groups excluding carboxylic acids is 2. The third-order valence-corrected chi connectivity index (χ3v) is 5.67. The first kappa shape index (κ1) is 18.9. The third-order valence-electron chi connectivity index (χ3n) is 5.67. The first-order valence-corrected chi connectivity index (χ1v) is 10.3. The van der Waals surface area contributed by atoms with Crippen LogP contribution >= 0.6 is 0 Å². The molecule has 150 valence electrons. The number of benzene rings is 1. The van der Waals surface area contributed by atoms with E-state index in [2.05, 4.69) is 10.6 Å². The molecular formula is C21H28N4O3. The Hall–Kier alpha value is -2.41. The topological polar surface area (TPSA) is 85.2 Å². The molecule has 2 atom stereocenters. The summed E-state index contributed by atoms with van der Waals surface area (Å²) >= 11 is 0. The van der Waals surface area contributed by atoms with Gasteiger partial charge in [-0.2, -0.15) is 0 Å². The van der Waals surface area contributed by atoms with Crippen molar-refractivity contribution < 1.29 is 14.3 Å². The monoisotopic (exact) mass is 384 g/mol. The molecule has 7 nitrogen and oxygen atoms in total. The maximum absolute atomic E-state index is 12.6. The minimum atomic E-state index is -0.383. The Kier molecular flexibility index (Phi) is 5.62. The maximum Gasteiger partial charge on any atom is 0.249 e. The molecular weight excluding hydrogens is 356 g/mol. The highest BCUT2D eigenvalue weighted by Crippen LogP contribution is 2.22. The van der Waals surface area contributed by atoms with Gasteiger partial charge in [-0.15, -0.1) is 0 Å². The van der Waals surface area contributed by atoms with E-state index in [4.69, 9.17) is 9.72 Å². The van der Waals surface area contributed by atoms with Crippen molar-refractivity contribution in [2.45, 2.75) is 70.2 Å². The van der Waals surface area contributed by atoms with Crippen LogP contribution in [0.1, 0.15) is 57.3 Å². The molecule has 0 bridgehead atoms. The second-order valence-electron chi connectivity index (χ2n) is 7.83. The molecule has 2 N–H and O–H groups in total. The minimum absolute atomic E-state index is 0.00560. The van der Waals surface area contributed by atoms with Gasteiger partial charge in [-0.1, -0.05) is 25.0 Å². The predicted octanol–water partition coefficient (Wildman–Crippen LogP) is 2.45. The second kappa shape index (κ2) is 8.31. The van der Waals surface area contributed by atoms with Crippen molar-refractivity contribution in [3.05, 3.63) is 30.1 Å². The number of imidazole rings is 1. The second-order valence-corrected chi connectivity index (χ2v) is 7.83. The summed E-state index contributed by atoms with van der Waals surface area (Å²) in [4.78, 5) is 29.8. The summed E-state index contributed by atoms with van der Waals surface area (Å²) < 4.78 is 7.39. The number of nitrogens with zero attached hydrogens (tertiary/aromatic N) is 2. The first-order chi connectivity index (χ1) is 13.6. The van der Waals surface area contributed by atoms with Gasteiger partial charge in [-0.3, -0.25) is 9.59 Å². The molecule has 1 aliphatic carbocycles. The Morgan fingerprint density at radius 2 is 2.00 bits per heavy atom. The van der Waals surface area contributed by atoms with E-state index in [0.29, 0.717) is 12.4 Å². The third kappa shape index (κ3) is 4.04. The van der Waals surface area contributed by atoms with E-state index in [9.17, 15) is 9.59 Å². The zero-order valence-electron chi connectivity index (χ0n) is 16.3. The maximum atomic E-state index is 12.6. The average molecular weight is 384 g/mol. The zero-order valence-corrected chi connectivity index (χ0v) is 16.3. The number of aromatic nitrogens is 2. The molecule has 2 aliphatic rings. The molecule has 28 heavy (non-hydrogen) atoms. The number of ether oxygens (including phenoxy) is 1.